The quantitative estimate of drug-likeness (QED) is 0.824. The molecule has 1 fully saturated rings. The summed E-state index contributed by atoms with van der Waals surface area (Å²) in [5.74, 6) is 0.818. The fraction of sp³-hybridized carbons (Fsp3) is 0.692. The Bertz CT molecular complexity index is 302. The van der Waals surface area contributed by atoms with E-state index in [1.54, 1.807) is 11.3 Å². The molecule has 1 N–H and O–H groups in total. The molecule has 1 aliphatic rings. The van der Waals surface area contributed by atoms with Crippen LogP contribution in [0.5, 0.6) is 0 Å². The molecule has 0 aromatic carbocycles. The second-order valence-electron chi connectivity index (χ2n) is 5.67. The van der Waals surface area contributed by atoms with Crippen molar-refractivity contribution in [2.45, 2.75) is 46.2 Å². The molecule has 0 amide bonds. The molecule has 1 saturated carbocycles. The van der Waals surface area contributed by atoms with Gasteiger partial charge < -0.3 is 5.32 Å². The monoisotopic (exact) mass is 223 g/mol. The second kappa shape index (κ2) is 4.26. The lowest BCUT2D eigenvalue weighted by Crippen LogP contribution is -2.30. The van der Waals surface area contributed by atoms with Crippen molar-refractivity contribution in [1.29, 1.82) is 0 Å². The van der Waals surface area contributed by atoms with Crippen molar-refractivity contribution in [1.82, 2.24) is 5.32 Å². The number of hydrogen-bond acceptors (Lipinski definition) is 2. The molecule has 2 atom stereocenters. The molecule has 0 spiro atoms. The van der Waals surface area contributed by atoms with Crippen molar-refractivity contribution in [2.75, 3.05) is 0 Å². The molecular weight excluding hydrogens is 202 g/mol. The van der Waals surface area contributed by atoms with Gasteiger partial charge in [0.25, 0.3) is 0 Å². The van der Waals surface area contributed by atoms with Gasteiger partial charge >= 0.3 is 0 Å². The number of rotatable bonds is 3. The van der Waals surface area contributed by atoms with E-state index in [2.05, 4.69) is 42.9 Å². The lowest BCUT2D eigenvalue weighted by Gasteiger charge is -2.18. The van der Waals surface area contributed by atoms with Gasteiger partial charge in [-0.15, -0.1) is 0 Å². The van der Waals surface area contributed by atoms with Crippen LogP contribution in [0.3, 0.4) is 0 Å². The topological polar surface area (TPSA) is 12.0 Å². The number of nitrogens with one attached hydrogen (secondary N) is 1. The van der Waals surface area contributed by atoms with Gasteiger partial charge in [-0.25, -0.2) is 0 Å². The molecule has 2 unspecified atom stereocenters. The largest absolute Gasteiger partial charge is 0.310 e. The normalized spacial score (nSPS) is 29.5. The SMILES string of the molecule is CC1CC(C)(C)CC1NCc1ccsc1. The molecular formula is C13H21NS. The van der Waals surface area contributed by atoms with Crippen molar-refractivity contribution < 1.29 is 0 Å². The van der Waals surface area contributed by atoms with E-state index in [1.165, 1.54) is 18.4 Å². The molecule has 2 rings (SSSR count). The third-order valence-corrected chi connectivity index (χ3v) is 4.21. The minimum Gasteiger partial charge on any atom is -0.310 e. The van der Waals surface area contributed by atoms with E-state index in [0.717, 1.165) is 12.5 Å². The summed E-state index contributed by atoms with van der Waals surface area (Å²) in [6.07, 6.45) is 2.67. The summed E-state index contributed by atoms with van der Waals surface area (Å²) in [6, 6.07) is 2.92. The lowest BCUT2D eigenvalue weighted by atomic mass is 9.91. The van der Waals surface area contributed by atoms with Crippen molar-refractivity contribution in [3.05, 3.63) is 22.4 Å². The molecule has 0 bridgehead atoms. The number of hydrogen-bond donors (Lipinski definition) is 1. The van der Waals surface area contributed by atoms with Crippen LogP contribution in [0.15, 0.2) is 16.8 Å². The van der Waals surface area contributed by atoms with Crippen molar-refractivity contribution in [2.24, 2.45) is 11.3 Å². The maximum atomic E-state index is 3.70. The summed E-state index contributed by atoms with van der Waals surface area (Å²) in [6.45, 7) is 8.18. The van der Waals surface area contributed by atoms with Gasteiger partial charge in [0.2, 0.25) is 0 Å². The van der Waals surface area contributed by atoms with E-state index >= 15 is 0 Å². The molecule has 0 aliphatic heterocycles. The fourth-order valence-corrected chi connectivity index (χ4v) is 3.48. The van der Waals surface area contributed by atoms with E-state index in [1.807, 2.05) is 0 Å². The molecule has 0 saturated heterocycles. The Morgan fingerprint density at radius 2 is 2.27 bits per heavy atom. The zero-order valence-electron chi connectivity index (χ0n) is 9.92. The minimum absolute atomic E-state index is 0.533. The van der Waals surface area contributed by atoms with E-state index in [-0.39, 0.29) is 0 Å². The Labute approximate surface area is 96.9 Å². The first kappa shape index (κ1) is 11.2. The van der Waals surface area contributed by atoms with Crippen LogP contribution < -0.4 is 5.32 Å². The van der Waals surface area contributed by atoms with E-state index < -0.39 is 0 Å². The minimum atomic E-state index is 0.533. The van der Waals surface area contributed by atoms with Crippen LogP contribution in [0.4, 0.5) is 0 Å². The molecule has 1 nitrogen and oxygen atoms in total. The van der Waals surface area contributed by atoms with Crippen LogP contribution in [-0.4, -0.2) is 6.04 Å². The van der Waals surface area contributed by atoms with Crippen molar-refractivity contribution in [3.8, 4) is 0 Å². The average molecular weight is 223 g/mol. The Morgan fingerprint density at radius 3 is 2.80 bits per heavy atom. The van der Waals surface area contributed by atoms with Crippen LogP contribution in [-0.2, 0) is 6.54 Å². The van der Waals surface area contributed by atoms with Gasteiger partial charge in [0.1, 0.15) is 0 Å². The molecule has 84 valence electrons. The van der Waals surface area contributed by atoms with Crippen LogP contribution in [0, 0.1) is 11.3 Å². The fourth-order valence-electron chi connectivity index (χ4n) is 2.81. The van der Waals surface area contributed by atoms with Gasteiger partial charge in [-0.05, 0) is 46.6 Å². The van der Waals surface area contributed by atoms with Crippen molar-refractivity contribution >= 4 is 11.3 Å². The third-order valence-electron chi connectivity index (χ3n) is 3.48. The first-order chi connectivity index (χ1) is 7.07. The second-order valence-corrected chi connectivity index (χ2v) is 6.45. The summed E-state index contributed by atoms with van der Waals surface area (Å²) in [4.78, 5) is 0. The predicted octanol–water partition coefficient (Wildman–Crippen LogP) is 3.66. The molecule has 1 heterocycles. The Hall–Kier alpha value is -0.340. The van der Waals surface area contributed by atoms with Crippen molar-refractivity contribution in [3.63, 3.8) is 0 Å². The molecule has 0 radical (unpaired) electrons. The molecule has 15 heavy (non-hydrogen) atoms. The number of thiophene rings is 1. The van der Waals surface area contributed by atoms with Gasteiger partial charge in [-0.3, -0.25) is 0 Å². The van der Waals surface area contributed by atoms with Crippen LogP contribution >= 0.6 is 11.3 Å². The molecule has 1 aliphatic carbocycles. The Kier molecular flexibility index (Phi) is 3.17. The van der Waals surface area contributed by atoms with E-state index in [4.69, 9.17) is 0 Å². The first-order valence-corrected chi connectivity index (χ1v) is 6.75. The Morgan fingerprint density at radius 1 is 1.47 bits per heavy atom. The van der Waals surface area contributed by atoms with Crippen LogP contribution in [0.1, 0.15) is 39.2 Å². The first-order valence-electron chi connectivity index (χ1n) is 5.81. The maximum absolute atomic E-state index is 3.70. The van der Waals surface area contributed by atoms with Gasteiger partial charge in [0.05, 0.1) is 0 Å². The van der Waals surface area contributed by atoms with Gasteiger partial charge in [0.15, 0.2) is 0 Å². The average Bonchev–Trinajstić information content (AvgIpc) is 2.70. The molecule has 1 aromatic rings. The van der Waals surface area contributed by atoms with E-state index in [9.17, 15) is 0 Å². The smallest absolute Gasteiger partial charge is 0.0216 e. The summed E-state index contributed by atoms with van der Waals surface area (Å²) >= 11 is 1.78. The molecule has 2 heteroatoms. The summed E-state index contributed by atoms with van der Waals surface area (Å²) in [7, 11) is 0. The third kappa shape index (κ3) is 2.82. The highest BCUT2D eigenvalue weighted by Gasteiger charge is 2.36. The molecule has 1 aromatic heterocycles. The summed E-state index contributed by atoms with van der Waals surface area (Å²) in [5.41, 5.74) is 1.96. The van der Waals surface area contributed by atoms with Crippen LogP contribution in [0.2, 0.25) is 0 Å². The predicted molar refractivity (Wildman–Crippen MR) is 67.1 cm³/mol. The Balaban J connectivity index is 1.85. The highest BCUT2D eigenvalue weighted by atomic mass is 32.1. The van der Waals surface area contributed by atoms with Gasteiger partial charge in [-0.2, -0.15) is 11.3 Å². The summed E-state index contributed by atoms with van der Waals surface area (Å²) in [5, 5.41) is 8.08. The van der Waals surface area contributed by atoms with Gasteiger partial charge in [0, 0.05) is 12.6 Å². The maximum Gasteiger partial charge on any atom is 0.0216 e. The van der Waals surface area contributed by atoms with E-state index in [0.29, 0.717) is 11.5 Å². The zero-order valence-corrected chi connectivity index (χ0v) is 10.7. The highest BCUT2D eigenvalue weighted by molar-refractivity contribution is 7.07. The standard InChI is InChI=1S/C13H21NS/c1-10-6-13(2,3)7-12(10)14-8-11-4-5-15-9-11/h4-5,9-10,12,14H,6-8H2,1-3H3. The van der Waals surface area contributed by atoms with Crippen LogP contribution in [0.25, 0.3) is 0 Å². The lowest BCUT2D eigenvalue weighted by molar-refractivity contribution is 0.362. The van der Waals surface area contributed by atoms with Gasteiger partial charge in [-0.1, -0.05) is 20.8 Å². The summed E-state index contributed by atoms with van der Waals surface area (Å²) < 4.78 is 0. The highest BCUT2D eigenvalue weighted by Crippen LogP contribution is 2.40. The zero-order chi connectivity index (χ0) is 10.9.